The van der Waals surface area contributed by atoms with Crippen molar-refractivity contribution in [2.75, 3.05) is 0 Å². The van der Waals surface area contributed by atoms with Crippen LogP contribution in [0.3, 0.4) is 0 Å². The van der Waals surface area contributed by atoms with Gasteiger partial charge in [-0.25, -0.2) is 4.39 Å². The zero-order valence-electron chi connectivity index (χ0n) is 15.9. The van der Waals surface area contributed by atoms with Crippen molar-refractivity contribution in [3.63, 3.8) is 0 Å². The summed E-state index contributed by atoms with van der Waals surface area (Å²) in [5.41, 5.74) is 7.01. The quantitative estimate of drug-likeness (QED) is 0.356. The van der Waals surface area contributed by atoms with Crippen LogP contribution in [0.4, 0.5) is 17.6 Å². The molecule has 0 aliphatic heterocycles. The number of primary amides is 1. The third-order valence-electron chi connectivity index (χ3n) is 4.76. The predicted molar refractivity (Wildman–Crippen MR) is 110 cm³/mol. The number of amides is 1. The van der Waals surface area contributed by atoms with Gasteiger partial charge in [0.2, 0.25) is 0 Å². The number of carbonyl (C=O) groups excluding carboxylic acids is 1. The molecule has 3 nitrogen and oxygen atoms in total. The van der Waals surface area contributed by atoms with Gasteiger partial charge in [-0.3, -0.25) is 4.79 Å². The van der Waals surface area contributed by atoms with Crippen LogP contribution in [0.25, 0.3) is 21.6 Å². The Morgan fingerprint density at radius 1 is 1.00 bits per heavy atom. The number of hydrogen-bond donors (Lipinski definition) is 1. The van der Waals surface area contributed by atoms with Gasteiger partial charge in [0.1, 0.15) is 5.82 Å². The Labute approximate surface area is 178 Å². The van der Waals surface area contributed by atoms with E-state index in [0.29, 0.717) is 28.7 Å². The van der Waals surface area contributed by atoms with Gasteiger partial charge in [0.25, 0.3) is 5.91 Å². The summed E-state index contributed by atoms with van der Waals surface area (Å²) in [5, 5.41) is 0. The van der Waals surface area contributed by atoms with E-state index in [2.05, 4.69) is 0 Å². The first-order chi connectivity index (χ1) is 14.7. The topological polar surface area (TPSA) is 56.2 Å². The molecule has 8 heteroatoms. The molecule has 4 aromatic rings. The maximum Gasteiger partial charge on any atom is 0.416 e. The standard InChI is InChI=1S/C23H15F4NO2S/c24-16-3-1-2-14(10-16)19-12-30-21(22(28)29)18(19)11-17-8-9-20(31-17)13-4-6-15(7-5-13)23(25,26)27/h1-10,12H,11H2,(H2,28,29). The summed E-state index contributed by atoms with van der Waals surface area (Å²) in [6, 6.07) is 14.4. The monoisotopic (exact) mass is 445 g/mol. The minimum absolute atomic E-state index is 0.0104. The first kappa shape index (κ1) is 20.9. The number of thiophene rings is 1. The molecule has 4 rings (SSSR count). The summed E-state index contributed by atoms with van der Waals surface area (Å²) in [6.07, 6.45) is -2.72. The molecule has 2 aromatic heterocycles. The SMILES string of the molecule is NC(=O)c1occ(-c2cccc(F)c2)c1Cc1ccc(-c2ccc(C(F)(F)F)cc2)s1. The van der Waals surface area contributed by atoms with Gasteiger partial charge in [0.05, 0.1) is 11.8 Å². The molecule has 1 amide bonds. The first-order valence-corrected chi connectivity index (χ1v) is 9.96. The summed E-state index contributed by atoms with van der Waals surface area (Å²) in [5.74, 6) is -1.17. The van der Waals surface area contributed by atoms with Crippen molar-refractivity contribution in [2.24, 2.45) is 5.73 Å². The van der Waals surface area contributed by atoms with Crippen LogP contribution in [0, 0.1) is 5.82 Å². The fraction of sp³-hybridized carbons (Fsp3) is 0.0870. The molecule has 0 aliphatic rings. The minimum Gasteiger partial charge on any atom is -0.458 e. The number of furan rings is 1. The van der Waals surface area contributed by atoms with E-state index in [-0.39, 0.29) is 5.76 Å². The van der Waals surface area contributed by atoms with E-state index in [1.165, 1.54) is 41.9 Å². The van der Waals surface area contributed by atoms with Crippen molar-refractivity contribution in [3.05, 3.63) is 94.5 Å². The highest BCUT2D eigenvalue weighted by Crippen LogP contribution is 2.36. The van der Waals surface area contributed by atoms with Crippen LogP contribution in [0.15, 0.2) is 71.3 Å². The second kappa shape index (κ2) is 8.03. The average Bonchev–Trinajstić information content (AvgIpc) is 3.35. The highest BCUT2D eigenvalue weighted by molar-refractivity contribution is 7.15. The van der Waals surface area contributed by atoms with Crippen molar-refractivity contribution in [1.29, 1.82) is 0 Å². The van der Waals surface area contributed by atoms with Gasteiger partial charge in [0.15, 0.2) is 5.76 Å². The molecular weight excluding hydrogens is 430 g/mol. The van der Waals surface area contributed by atoms with Crippen LogP contribution in [0.5, 0.6) is 0 Å². The van der Waals surface area contributed by atoms with Crippen LogP contribution >= 0.6 is 11.3 Å². The molecule has 0 aliphatic carbocycles. The Balaban J connectivity index is 1.66. The molecule has 0 saturated heterocycles. The van der Waals surface area contributed by atoms with Crippen molar-refractivity contribution in [3.8, 4) is 21.6 Å². The van der Waals surface area contributed by atoms with Crippen LogP contribution in [0.2, 0.25) is 0 Å². The Morgan fingerprint density at radius 3 is 2.39 bits per heavy atom. The lowest BCUT2D eigenvalue weighted by Gasteiger charge is -2.06. The lowest BCUT2D eigenvalue weighted by atomic mass is 9.99. The minimum atomic E-state index is -4.39. The number of benzene rings is 2. The van der Waals surface area contributed by atoms with E-state index < -0.39 is 23.5 Å². The number of halogens is 4. The van der Waals surface area contributed by atoms with Gasteiger partial charge in [-0.2, -0.15) is 13.2 Å². The highest BCUT2D eigenvalue weighted by Gasteiger charge is 2.30. The van der Waals surface area contributed by atoms with Crippen molar-refractivity contribution >= 4 is 17.2 Å². The Kier molecular flexibility index (Phi) is 5.41. The molecule has 0 fully saturated rings. The second-order valence-corrected chi connectivity index (χ2v) is 8.02. The normalized spacial score (nSPS) is 11.6. The predicted octanol–water partition coefficient (Wildman–Crippen LogP) is 6.52. The molecule has 31 heavy (non-hydrogen) atoms. The third-order valence-corrected chi connectivity index (χ3v) is 5.90. The molecule has 0 spiro atoms. The smallest absolute Gasteiger partial charge is 0.416 e. The summed E-state index contributed by atoms with van der Waals surface area (Å²) in [7, 11) is 0. The van der Waals surface area contributed by atoms with Crippen molar-refractivity contribution in [1.82, 2.24) is 0 Å². The number of hydrogen-bond acceptors (Lipinski definition) is 3. The fourth-order valence-electron chi connectivity index (χ4n) is 3.29. The molecule has 0 atom stereocenters. The van der Waals surface area contributed by atoms with Crippen LogP contribution < -0.4 is 5.73 Å². The average molecular weight is 445 g/mol. The van der Waals surface area contributed by atoms with Gasteiger partial charge in [-0.1, -0.05) is 24.3 Å². The molecule has 0 saturated carbocycles. The zero-order chi connectivity index (χ0) is 22.2. The van der Waals surface area contributed by atoms with Crippen molar-refractivity contribution in [2.45, 2.75) is 12.6 Å². The molecule has 2 aromatic carbocycles. The van der Waals surface area contributed by atoms with Crippen molar-refractivity contribution < 1.29 is 26.8 Å². The molecule has 158 valence electrons. The largest absolute Gasteiger partial charge is 0.458 e. The van der Waals surface area contributed by atoms with E-state index in [1.807, 2.05) is 6.07 Å². The summed E-state index contributed by atoms with van der Waals surface area (Å²) in [4.78, 5) is 13.5. The Bertz CT molecular complexity index is 1240. The van der Waals surface area contributed by atoms with E-state index in [9.17, 15) is 22.4 Å². The van der Waals surface area contributed by atoms with Crippen LogP contribution in [-0.2, 0) is 12.6 Å². The molecule has 0 radical (unpaired) electrons. The fourth-order valence-corrected chi connectivity index (χ4v) is 4.31. The van der Waals surface area contributed by atoms with Gasteiger partial charge in [0, 0.05) is 27.3 Å². The Morgan fingerprint density at radius 2 is 1.74 bits per heavy atom. The number of carbonyl (C=O) groups is 1. The molecular formula is C23H15F4NO2S. The number of rotatable bonds is 5. The molecule has 0 bridgehead atoms. The summed E-state index contributed by atoms with van der Waals surface area (Å²) < 4.78 is 57.4. The summed E-state index contributed by atoms with van der Waals surface area (Å²) in [6.45, 7) is 0. The molecule has 2 heterocycles. The second-order valence-electron chi connectivity index (χ2n) is 6.85. The van der Waals surface area contributed by atoms with E-state index in [0.717, 1.165) is 21.9 Å². The molecule has 0 unspecified atom stereocenters. The number of nitrogens with two attached hydrogens (primary N) is 1. The molecule has 2 N–H and O–H groups in total. The third kappa shape index (κ3) is 4.39. The van der Waals surface area contributed by atoms with E-state index in [1.54, 1.807) is 18.2 Å². The van der Waals surface area contributed by atoms with Gasteiger partial charge in [-0.15, -0.1) is 11.3 Å². The first-order valence-electron chi connectivity index (χ1n) is 9.15. The van der Waals surface area contributed by atoms with Crippen LogP contribution in [0.1, 0.15) is 26.6 Å². The van der Waals surface area contributed by atoms with Gasteiger partial charge < -0.3 is 10.2 Å². The maximum absolute atomic E-state index is 13.7. The van der Waals surface area contributed by atoms with Gasteiger partial charge in [-0.05, 0) is 47.5 Å². The Hall–Kier alpha value is -3.39. The van der Waals surface area contributed by atoms with E-state index >= 15 is 0 Å². The number of alkyl halides is 3. The zero-order valence-corrected chi connectivity index (χ0v) is 16.7. The lowest BCUT2D eigenvalue weighted by Crippen LogP contribution is -2.12. The maximum atomic E-state index is 13.7. The van der Waals surface area contributed by atoms with Crippen LogP contribution in [-0.4, -0.2) is 5.91 Å². The highest BCUT2D eigenvalue weighted by atomic mass is 32.1. The lowest BCUT2D eigenvalue weighted by molar-refractivity contribution is -0.137. The van der Waals surface area contributed by atoms with Gasteiger partial charge >= 0.3 is 6.18 Å². The summed E-state index contributed by atoms with van der Waals surface area (Å²) >= 11 is 1.38. The van der Waals surface area contributed by atoms with E-state index in [4.69, 9.17) is 10.2 Å².